The lowest BCUT2D eigenvalue weighted by Crippen LogP contribution is -2.19. The Hall–Kier alpha value is -1.75. The van der Waals surface area contributed by atoms with Crippen LogP contribution in [0, 0.1) is 0 Å². The third kappa shape index (κ3) is 3.91. The van der Waals surface area contributed by atoms with Crippen LogP contribution in [0.4, 0.5) is 0 Å². The Morgan fingerprint density at radius 3 is 2.73 bits per heavy atom. The van der Waals surface area contributed by atoms with E-state index >= 15 is 0 Å². The van der Waals surface area contributed by atoms with Gasteiger partial charge in [-0.1, -0.05) is 43.8 Å². The molecule has 1 aromatic heterocycles. The van der Waals surface area contributed by atoms with Gasteiger partial charge in [0.25, 0.3) is 5.56 Å². The molecular formula is C17H22N2O2S. The van der Waals surface area contributed by atoms with Gasteiger partial charge in [-0.3, -0.25) is 4.79 Å². The van der Waals surface area contributed by atoms with Crippen LogP contribution in [0.3, 0.4) is 0 Å². The van der Waals surface area contributed by atoms with Crippen LogP contribution in [-0.2, 0) is 12.8 Å². The number of thioether (sulfide) groups is 1. The lowest BCUT2D eigenvalue weighted by Gasteiger charge is -2.12. The number of hydrogen-bond acceptors (Lipinski definition) is 4. The van der Waals surface area contributed by atoms with Gasteiger partial charge in [-0.25, -0.2) is 4.98 Å². The first-order chi connectivity index (χ1) is 10.7. The zero-order valence-corrected chi connectivity index (χ0v) is 14.1. The quantitative estimate of drug-likeness (QED) is 0.628. The summed E-state index contributed by atoms with van der Waals surface area (Å²) >= 11 is 1.45. The van der Waals surface area contributed by atoms with Crippen molar-refractivity contribution in [2.24, 2.45) is 0 Å². The van der Waals surface area contributed by atoms with E-state index in [1.807, 2.05) is 37.4 Å². The number of rotatable bonds is 7. The number of nitrogens with one attached hydrogen (secondary N) is 1. The predicted molar refractivity (Wildman–Crippen MR) is 91.1 cm³/mol. The van der Waals surface area contributed by atoms with Crippen molar-refractivity contribution in [2.45, 2.75) is 38.3 Å². The molecule has 118 valence electrons. The molecule has 0 fully saturated rings. The number of aromatic nitrogens is 2. The van der Waals surface area contributed by atoms with E-state index < -0.39 is 0 Å². The fourth-order valence-corrected chi connectivity index (χ4v) is 2.68. The number of aromatic amines is 1. The van der Waals surface area contributed by atoms with Gasteiger partial charge in [0.1, 0.15) is 5.75 Å². The van der Waals surface area contributed by atoms with E-state index in [9.17, 15) is 4.79 Å². The first-order valence-electron chi connectivity index (χ1n) is 7.56. The van der Waals surface area contributed by atoms with E-state index in [1.54, 1.807) is 0 Å². The van der Waals surface area contributed by atoms with E-state index in [-0.39, 0.29) is 5.56 Å². The Kier molecular flexibility index (Phi) is 6.07. The summed E-state index contributed by atoms with van der Waals surface area (Å²) in [5.74, 6) is 0.847. The predicted octanol–water partition coefficient (Wildman–Crippen LogP) is 3.43. The number of hydrogen-bond donors (Lipinski definition) is 1. The second kappa shape index (κ2) is 8.03. The number of aryl methyl sites for hydroxylation is 1. The van der Waals surface area contributed by atoms with E-state index in [0.717, 1.165) is 35.4 Å². The SMILES string of the molecule is CCCOc1ccccc1Cc1c(CC)nc(SC)[nH]c1=O. The van der Waals surface area contributed by atoms with Gasteiger partial charge < -0.3 is 9.72 Å². The van der Waals surface area contributed by atoms with Crippen molar-refractivity contribution in [1.29, 1.82) is 0 Å². The van der Waals surface area contributed by atoms with E-state index in [4.69, 9.17) is 4.74 Å². The molecule has 0 atom stereocenters. The summed E-state index contributed by atoms with van der Waals surface area (Å²) in [6, 6.07) is 7.88. The van der Waals surface area contributed by atoms with E-state index in [0.29, 0.717) is 18.2 Å². The van der Waals surface area contributed by atoms with Crippen LogP contribution in [0.5, 0.6) is 5.75 Å². The van der Waals surface area contributed by atoms with Gasteiger partial charge in [-0.2, -0.15) is 0 Å². The molecule has 0 aliphatic carbocycles. The topological polar surface area (TPSA) is 55.0 Å². The van der Waals surface area contributed by atoms with Gasteiger partial charge in [0, 0.05) is 12.0 Å². The Balaban J connectivity index is 2.37. The van der Waals surface area contributed by atoms with Gasteiger partial charge in [-0.15, -0.1) is 0 Å². The average Bonchev–Trinajstić information content (AvgIpc) is 2.55. The van der Waals surface area contributed by atoms with Crippen molar-refractivity contribution < 1.29 is 4.74 Å². The van der Waals surface area contributed by atoms with E-state index in [2.05, 4.69) is 16.9 Å². The number of ether oxygens (including phenoxy) is 1. The molecule has 0 saturated carbocycles. The minimum absolute atomic E-state index is 0.0542. The molecule has 0 unspecified atom stereocenters. The van der Waals surface area contributed by atoms with Crippen molar-refractivity contribution in [2.75, 3.05) is 12.9 Å². The van der Waals surface area contributed by atoms with Crippen molar-refractivity contribution in [3.63, 3.8) is 0 Å². The molecule has 1 heterocycles. The number of benzene rings is 1. The molecule has 1 aromatic carbocycles. The van der Waals surface area contributed by atoms with Crippen molar-refractivity contribution in [1.82, 2.24) is 9.97 Å². The zero-order chi connectivity index (χ0) is 15.9. The lowest BCUT2D eigenvalue weighted by atomic mass is 10.0. The van der Waals surface area contributed by atoms with Gasteiger partial charge in [0.2, 0.25) is 0 Å². The van der Waals surface area contributed by atoms with Gasteiger partial charge in [0.05, 0.1) is 12.3 Å². The standard InChI is InChI=1S/C17H22N2O2S/c1-4-10-21-15-9-7-6-8-12(15)11-13-14(5-2)18-17(22-3)19-16(13)20/h6-9H,4-5,10-11H2,1-3H3,(H,18,19,20). The second-order valence-corrected chi connectivity index (χ2v) is 5.78. The molecule has 2 aromatic rings. The van der Waals surface area contributed by atoms with Crippen LogP contribution in [0.25, 0.3) is 0 Å². The molecular weight excluding hydrogens is 296 g/mol. The molecule has 0 saturated heterocycles. The zero-order valence-electron chi connectivity index (χ0n) is 13.3. The molecule has 0 bridgehead atoms. The van der Waals surface area contributed by atoms with Crippen LogP contribution in [0.15, 0.2) is 34.2 Å². The molecule has 0 aliphatic heterocycles. The smallest absolute Gasteiger partial charge is 0.255 e. The first kappa shape index (κ1) is 16.6. The summed E-state index contributed by atoms with van der Waals surface area (Å²) in [7, 11) is 0. The van der Waals surface area contributed by atoms with Gasteiger partial charge in [-0.05, 0) is 30.7 Å². The molecule has 5 heteroatoms. The average molecular weight is 318 g/mol. The Labute approximate surface area is 135 Å². The number of H-pyrrole nitrogens is 1. The molecule has 0 aliphatic rings. The van der Waals surface area contributed by atoms with Crippen LogP contribution in [-0.4, -0.2) is 22.8 Å². The summed E-state index contributed by atoms with van der Waals surface area (Å²) in [4.78, 5) is 19.7. The van der Waals surface area contributed by atoms with E-state index in [1.165, 1.54) is 11.8 Å². The van der Waals surface area contributed by atoms with Crippen LogP contribution < -0.4 is 10.3 Å². The van der Waals surface area contributed by atoms with Crippen molar-refractivity contribution >= 4 is 11.8 Å². The lowest BCUT2D eigenvalue weighted by molar-refractivity contribution is 0.314. The van der Waals surface area contributed by atoms with Crippen molar-refractivity contribution in [3.8, 4) is 5.75 Å². The summed E-state index contributed by atoms with van der Waals surface area (Å²) in [6.07, 6.45) is 4.15. The summed E-state index contributed by atoms with van der Waals surface area (Å²) in [5, 5.41) is 0.668. The summed E-state index contributed by atoms with van der Waals surface area (Å²) in [6.45, 7) is 4.78. The molecule has 22 heavy (non-hydrogen) atoms. The third-order valence-electron chi connectivity index (χ3n) is 3.41. The van der Waals surface area contributed by atoms with Crippen LogP contribution >= 0.6 is 11.8 Å². The highest BCUT2D eigenvalue weighted by atomic mass is 32.2. The highest BCUT2D eigenvalue weighted by molar-refractivity contribution is 7.98. The van der Waals surface area contributed by atoms with Gasteiger partial charge >= 0.3 is 0 Å². The normalized spacial score (nSPS) is 10.7. The highest BCUT2D eigenvalue weighted by Gasteiger charge is 2.13. The first-order valence-corrected chi connectivity index (χ1v) is 8.78. The monoisotopic (exact) mass is 318 g/mol. The third-order valence-corrected chi connectivity index (χ3v) is 3.99. The maximum absolute atomic E-state index is 12.4. The molecule has 2 rings (SSSR count). The molecule has 1 N–H and O–H groups in total. The number of nitrogens with zero attached hydrogens (tertiary/aromatic N) is 1. The maximum atomic E-state index is 12.4. The molecule has 0 spiro atoms. The second-order valence-electron chi connectivity index (χ2n) is 4.99. The highest BCUT2D eigenvalue weighted by Crippen LogP contribution is 2.22. The minimum atomic E-state index is -0.0542. The summed E-state index contributed by atoms with van der Waals surface area (Å²) in [5.41, 5.74) is 2.56. The molecule has 4 nitrogen and oxygen atoms in total. The Morgan fingerprint density at radius 2 is 2.05 bits per heavy atom. The largest absolute Gasteiger partial charge is 0.493 e. The van der Waals surface area contributed by atoms with Crippen LogP contribution in [0.2, 0.25) is 0 Å². The molecule has 0 amide bonds. The van der Waals surface area contributed by atoms with Crippen molar-refractivity contribution in [3.05, 3.63) is 51.4 Å². The van der Waals surface area contributed by atoms with Crippen LogP contribution in [0.1, 0.15) is 37.1 Å². The summed E-state index contributed by atoms with van der Waals surface area (Å²) < 4.78 is 5.78. The Morgan fingerprint density at radius 1 is 1.27 bits per heavy atom. The Bertz CT molecular complexity index is 683. The fraction of sp³-hybridized carbons (Fsp3) is 0.412. The van der Waals surface area contributed by atoms with Gasteiger partial charge in [0.15, 0.2) is 5.16 Å². The minimum Gasteiger partial charge on any atom is -0.493 e. The number of para-hydroxylation sites is 1. The fourth-order valence-electron chi connectivity index (χ4n) is 2.29. The maximum Gasteiger partial charge on any atom is 0.255 e. The molecule has 0 radical (unpaired) electrons.